The van der Waals surface area contributed by atoms with Gasteiger partial charge in [-0.1, -0.05) is 0 Å². The van der Waals surface area contributed by atoms with Crippen molar-refractivity contribution in [2.75, 3.05) is 65.3 Å². The molecule has 0 aliphatic carbocycles. The van der Waals surface area contributed by atoms with Gasteiger partial charge in [-0.2, -0.15) is 0 Å². The van der Waals surface area contributed by atoms with Gasteiger partial charge in [-0.15, -0.1) is 0 Å². The summed E-state index contributed by atoms with van der Waals surface area (Å²) >= 11 is 0. The normalized spacial score (nSPS) is 24.1. The largest absolute Gasteiger partial charge is 0.384 e. The molecule has 0 saturated carbocycles. The van der Waals surface area contributed by atoms with Gasteiger partial charge in [0.1, 0.15) is 0 Å². The summed E-state index contributed by atoms with van der Waals surface area (Å²) in [6.07, 6.45) is 1.83. The standard InChI is InChI=1S/C13H27N3O3S/c1-19-12-13-2-6-16(7-3-13)20(17,18)11-10-15-8-4-14-5-9-15/h13-14H,2-12H2,1H3. The molecule has 0 atom stereocenters. The monoisotopic (exact) mass is 305 g/mol. The highest BCUT2D eigenvalue weighted by molar-refractivity contribution is 7.89. The van der Waals surface area contributed by atoms with Gasteiger partial charge in [-0.25, -0.2) is 12.7 Å². The Morgan fingerprint density at radius 3 is 2.40 bits per heavy atom. The Labute approximate surface area is 122 Å². The van der Waals surface area contributed by atoms with E-state index in [1.54, 1.807) is 11.4 Å². The van der Waals surface area contributed by atoms with Crippen molar-refractivity contribution < 1.29 is 13.2 Å². The lowest BCUT2D eigenvalue weighted by Crippen LogP contribution is -2.47. The van der Waals surface area contributed by atoms with Crippen LogP contribution in [0.2, 0.25) is 0 Å². The Kier molecular flexibility index (Phi) is 6.22. The van der Waals surface area contributed by atoms with Crippen LogP contribution in [0.1, 0.15) is 12.8 Å². The molecule has 2 aliphatic rings. The van der Waals surface area contributed by atoms with Crippen LogP contribution in [0.5, 0.6) is 0 Å². The molecule has 7 heteroatoms. The van der Waals surface area contributed by atoms with E-state index in [2.05, 4.69) is 10.2 Å². The second kappa shape index (κ2) is 7.70. The molecule has 2 fully saturated rings. The minimum Gasteiger partial charge on any atom is -0.384 e. The Bertz CT molecular complexity index is 374. The van der Waals surface area contributed by atoms with Crippen LogP contribution in [0, 0.1) is 5.92 Å². The van der Waals surface area contributed by atoms with E-state index in [1.165, 1.54) is 0 Å². The van der Waals surface area contributed by atoms with Crippen LogP contribution in [0.4, 0.5) is 0 Å². The van der Waals surface area contributed by atoms with E-state index in [1.807, 2.05) is 0 Å². The van der Waals surface area contributed by atoms with Gasteiger partial charge in [0, 0.05) is 59.5 Å². The fraction of sp³-hybridized carbons (Fsp3) is 1.00. The van der Waals surface area contributed by atoms with Crippen molar-refractivity contribution in [3.8, 4) is 0 Å². The van der Waals surface area contributed by atoms with Crippen LogP contribution in [0.3, 0.4) is 0 Å². The molecule has 2 aliphatic heterocycles. The van der Waals surface area contributed by atoms with Crippen molar-refractivity contribution >= 4 is 10.0 Å². The van der Waals surface area contributed by atoms with E-state index >= 15 is 0 Å². The second-order valence-electron chi connectivity index (χ2n) is 5.71. The van der Waals surface area contributed by atoms with Crippen LogP contribution < -0.4 is 5.32 Å². The molecule has 2 rings (SSSR count). The fourth-order valence-electron chi connectivity index (χ4n) is 2.90. The number of piperazine rings is 1. The number of nitrogens with one attached hydrogen (secondary N) is 1. The molecule has 2 saturated heterocycles. The first-order valence-corrected chi connectivity index (χ1v) is 9.12. The van der Waals surface area contributed by atoms with Gasteiger partial charge in [-0.3, -0.25) is 4.90 Å². The van der Waals surface area contributed by atoms with Gasteiger partial charge in [0.15, 0.2) is 0 Å². The highest BCUT2D eigenvalue weighted by Crippen LogP contribution is 2.20. The zero-order chi connectivity index (χ0) is 14.4. The van der Waals surface area contributed by atoms with Gasteiger partial charge < -0.3 is 10.1 Å². The lowest BCUT2D eigenvalue weighted by molar-refractivity contribution is 0.121. The minimum atomic E-state index is -3.09. The molecule has 0 aromatic heterocycles. The topological polar surface area (TPSA) is 61.9 Å². The van der Waals surface area contributed by atoms with E-state index in [-0.39, 0.29) is 5.75 Å². The number of hydrogen-bond donors (Lipinski definition) is 1. The number of sulfonamides is 1. The maximum Gasteiger partial charge on any atom is 0.215 e. The third-order valence-electron chi connectivity index (χ3n) is 4.24. The average Bonchev–Trinajstić information content (AvgIpc) is 2.47. The molecule has 0 radical (unpaired) electrons. The van der Waals surface area contributed by atoms with Gasteiger partial charge in [0.25, 0.3) is 0 Å². The molecule has 6 nitrogen and oxygen atoms in total. The molecule has 1 N–H and O–H groups in total. The highest BCUT2D eigenvalue weighted by atomic mass is 32.2. The summed E-state index contributed by atoms with van der Waals surface area (Å²) in [5, 5.41) is 3.28. The van der Waals surface area contributed by atoms with Crippen LogP contribution in [-0.4, -0.2) is 82.9 Å². The number of ether oxygens (including phenoxy) is 1. The Morgan fingerprint density at radius 1 is 1.15 bits per heavy atom. The molecular formula is C13H27N3O3S. The third kappa shape index (κ3) is 4.66. The average molecular weight is 305 g/mol. The van der Waals surface area contributed by atoms with Crippen molar-refractivity contribution in [3.05, 3.63) is 0 Å². The zero-order valence-electron chi connectivity index (χ0n) is 12.4. The first-order chi connectivity index (χ1) is 9.62. The predicted octanol–water partition coefficient (Wildman–Crippen LogP) is -0.420. The SMILES string of the molecule is COCC1CCN(S(=O)(=O)CCN2CCNCC2)CC1. The van der Waals surface area contributed by atoms with Crippen LogP contribution in [0.25, 0.3) is 0 Å². The van der Waals surface area contributed by atoms with Gasteiger partial charge >= 0.3 is 0 Å². The lowest BCUT2D eigenvalue weighted by atomic mass is 9.99. The van der Waals surface area contributed by atoms with E-state index in [0.717, 1.165) is 45.6 Å². The fourth-order valence-corrected chi connectivity index (χ4v) is 4.41. The minimum absolute atomic E-state index is 0.252. The van der Waals surface area contributed by atoms with Crippen molar-refractivity contribution in [1.29, 1.82) is 0 Å². The van der Waals surface area contributed by atoms with Crippen molar-refractivity contribution in [2.45, 2.75) is 12.8 Å². The molecule has 0 aromatic carbocycles. The van der Waals surface area contributed by atoms with Gasteiger partial charge in [-0.05, 0) is 18.8 Å². The number of rotatable bonds is 6. The van der Waals surface area contributed by atoms with E-state index in [4.69, 9.17) is 4.74 Å². The molecule has 2 heterocycles. The summed E-state index contributed by atoms with van der Waals surface area (Å²) in [5.41, 5.74) is 0. The van der Waals surface area contributed by atoms with Gasteiger partial charge in [0.2, 0.25) is 10.0 Å². The van der Waals surface area contributed by atoms with E-state index < -0.39 is 10.0 Å². The van der Waals surface area contributed by atoms with Gasteiger partial charge in [0.05, 0.1) is 5.75 Å². The van der Waals surface area contributed by atoms with Crippen molar-refractivity contribution in [2.24, 2.45) is 5.92 Å². The number of piperidine rings is 1. The summed E-state index contributed by atoms with van der Waals surface area (Å²) in [7, 11) is -1.39. The first kappa shape index (κ1) is 16.2. The molecule has 0 aromatic rings. The number of methoxy groups -OCH3 is 1. The first-order valence-electron chi connectivity index (χ1n) is 7.51. The Balaban J connectivity index is 1.75. The molecule has 20 heavy (non-hydrogen) atoms. The number of nitrogens with zero attached hydrogens (tertiary/aromatic N) is 2. The highest BCUT2D eigenvalue weighted by Gasteiger charge is 2.28. The molecule has 0 spiro atoms. The molecule has 118 valence electrons. The molecular weight excluding hydrogens is 278 g/mol. The van der Waals surface area contributed by atoms with Crippen molar-refractivity contribution in [3.63, 3.8) is 0 Å². The quantitative estimate of drug-likeness (QED) is 0.722. The summed E-state index contributed by atoms with van der Waals surface area (Å²) < 4.78 is 31.5. The Hall–Kier alpha value is -0.210. The zero-order valence-corrected chi connectivity index (χ0v) is 13.2. The van der Waals surface area contributed by atoms with E-state index in [9.17, 15) is 8.42 Å². The van der Waals surface area contributed by atoms with Crippen LogP contribution in [-0.2, 0) is 14.8 Å². The third-order valence-corrected chi connectivity index (χ3v) is 6.09. The van der Waals surface area contributed by atoms with E-state index in [0.29, 0.717) is 25.6 Å². The summed E-state index contributed by atoms with van der Waals surface area (Å²) in [5.74, 6) is 0.765. The second-order valence-corrected chi connectivity index (χ2v) is 7.79. The maximum absolute atomic E-state index is 12.3. The molecule has 0 unspecified atom stereocenters. The number of hydrogen-bond acceptors (Lipinski definition) is 5. The maximum atomic E-state index is 12.3. The summed E-state index contributed by atoms with van der Waals surface area (Å²) in [6, 6.07) is 0. The molecule has 0 amide bonds. The molecule has 0 bridgehead atoms. The van der Waals surface area contributed by atoms with Crippen LogP contribution >= 0.6 is 0 Å². The lowest BCUT2D eigenvalue weighted by Gasteiger charge is -2.32. The van der Waals surface area contributed by atoms with Crippen LogP contribution in [0.15, 0.2) is 0 Å². The predicted molar refractivity (Wildman–Crippen MR) is 79.3 cm³/mol. The summed E-state index contributed by atoms with van der Waals surface area (Å²) in [6.45, 7) is 6.52. The smallest absolute Gasteiger partial charge is 0.215 e. The summed E-state index contributed by atoms with van der Waals surface area (Å²) in [4.78, 5) is 2.23. The van der Waals surface area contributed by atoms with Crippen molar-refractivity contribution in [1.82, 2.24) is 14.5 Å². The Morgan fingerprint density at radius 2 is 1.80 bits per heavy atom.